The molecule has 1 atom stereocenters. The highest BCUT2D eigenvalue weighted by Crippen LogP contribution is 2.50. The van der Waals surface area contributed by atoms with Crippen LogP contribution < -0.4 is 5.32 Å². The molecule has 0 bridgehead atoms. The zero-order valence-corrected chi connectivity index (χ0v) is 25.9. The molecule has 9 rings (SSSR count). The van der Waals surface area contributed by atoms with Crippen molar-refractivity contribution in [3.05, 3.63) is 179 Å². The Balaban J connectivity index is 1.16. The molecule has 6 aromatic carbocycles. The molecule has 3 heteroatoms. The van der Waals surface area contributed by atoms with Crippen molar-refractivity contribution in [2.75, 3.05) is 0 Å². The number of rotatable bonds is 4. The zero-order valence-electron chi connectivity index (χ0n) is 25.9. The number of para-hydroxylation sites is 1. The fourth-order valence-corrected chi connectivity index (χ4v) is 7.49. The lowest BCUT2D eigenvalue weighted by Gasteiger charge is -2.25. The maximum absolute atomic E-state index is 5.19. The number of nitrogens with zero attached hydrogens (tertiary/aromatic N) is 2. The number of aliphatic imine (C=N–C) groups is 1. The molecule has 0 spiro atoms. The average Bonchev–Trinajstić information content (AvgIpc) is 3.56. The van der Waals surface area contributed by atoms with Gasteiger partial charge < -0.3 is 9.88 Å². The number of allylic oxidation sites excluding steroid dienone is 1. The third-order valence-electron chi connectivity index (χ3n) is 9.84. The maximum Gasteiger partial charge on any atom is 0.145 e. The summed E-state index contributed by atoms with van der Waals surface area (Å²) < 4.78 is 2.43. The maximum atomic E-state index is 5.19. The van der Waals surface area contributed by atoms with E-state index >= 15 is 0 Å². The molecule has 0 radical (unpaired) electrons. The van der Waals surface area contributed by atoms with Crippen LogP contribution in [0.25, 0.3) is 44.3 Å². The van der Waals surface area contributed by atoms with Gasteiger partial charge in [-0.1, -0.05) is 129 Å². The van der Waals surface area contributed by atoms with Gasteiger partial charge in [-0.05, 0) is 75.4 Å². The highest BCUT2D eigenvalue weighted by atomic mass is 15.1. The second-order valence-corrected chi connectivity index (χ2v) is 12.9. The van der Waals surface area contributed by atoms with Gasteiger partial charge >= 0.3 is 0 Å². The van der Waals surface area contributed by atoms with Crippen LogP contribution in [0.2, 0.25) is 0 Å². The van der Waals surface area contributed by atoms with E-state index in [1.54, 1.807) is 0 Å². The van der Waals surface area contributed by atoms with Gasteiger partial charge in [-0.15, -0.1) is 0 Å². The zero-order chi connectivity index (χ0) is 30.8. The van der Waals surface area contributed by atoms with E-state index in [1.807, 2.05) is 6.07 Å². The molecule has 2 heterocycles. The Kier molecular flexibility index (Phi) is 5.91. The van der Waals surface area contributed by atoms with E-state index < -0.39 is 0 Å². The summed E-state index contributed by atoms with van der Waals surface area (Å²) in [7, 11) is 0. The SMILES string of the molecule is CC1(C)c2ccccc2-c2cc3c4ccccc4n(-c4ccc(C5N=C(c6ccccc6)C=C(c6ccccc6)N5)cc4)c3cc21. The van der Waals surface area contributed by atoms with Gasteiger partial charge in [-0.25, -0.2) is 0 Å². The van der Waals surface area contributed by atoms with E-state index in [9.17, 15) is 0 Å². The van der Waals surface area contributed by atoms with Crippen LogP contribution in [-0.4, -0.2) is 10.3 Å². The van der Waals surface area contributed by atoms with Crippen molar-refractivity contribution in [1.82, 2.24) is 9.88 Å². The van der Waals surface area contributed by atoms with E-state index in [1.165, 1.54) is 44.1 Å². The molecule has 0 saturated carbocycles. The van der Waals surface area contributed by atoms with Crippen molar-refractivity contribution in [2.24, 2.45) is 4.99 Å². The molecular formula is C43H33N3. The van der Waals surface area contributed by atoms with Crippen molar-refractivity contribution >= 4 is 33.2 Å². The van der Waals surface area contributed by atoms with E-state index in [0.29, 0.717) is 0 Å². The minimum Gasteiger partial charge on any atom is -0.360 e. The summed E-state index contributed by atoms with van der Waals surface area (Å²) in [6.45, 7) is 4.70. The Morgan fingerprint density at radius 3 is 2.04 bits per heavy atom. The van der Waals surface area contributed by atoms with Crippen LogP contribution in [0, 0.1) is 0 Å². The number of hydrogen-bond acceptors (Lipinski definition) is 2. The van der Waals surface area contributed by atoms with Gasteiger partial charge in [0.15, 0.2) is 0 Å². The van der Waals surface area contributed by atoms with Crippen LogP contribution in [0.1, 0.15) is 47.8 Å². The summed E-state index contributed by atoms with van der Waals surface area (Å²) in [6.07, 6.45) is 1.96. The van der Waals surface area contributed by atoms with Crippen molar-refractivity contribution in [2.45, 2.75) is 25.4 Å². The average molecular weight is 592 g/mol. The highest BCUT2D eigenvalue weighted by Gasteiger charge is 2.36. The van der Waals surface area contributed by atoms with Crippen LogP contribution >= 0.6 is 0 Å². The molecule has 1 aliphatic heterocycles. The molecule has 0 fully saturated rings. The number of fused-ring (bicyclic) bond motifs is 6. The van der Waals surface area contributed by atoms with E-state index in [0.717, 1.165) is 33.8 Å². The Morgan fingerprint density at radius 2 is 1.26 bits per heavy atom. The highest BCUT2D eigenvalue weighted by molar-refractivity contribution is 6.13. The van der Waals surface area contributed by atoms with Crippen molar-refractivity contribution in [3.63, 3.8) is 0 Å². The molecule has 3 nitrogen and oxygen atoms in total. The summed E-state index contributed by atoms with van der Waals surface area (Å²) in [5.41, 5.74) is 14.5. The molecule has 7 aromatic rings. The molecule has 1 N–H and O–H groups in total. The first-order chi connectivity index (χ1) is 22.6. The Labute approximate surface area is 269 Å². The molecule has 46 heavy (non-hydrogen) atoms. The summed E-state index contributed by atoms with van der Waals surface area (Å²) >= 11 is 0. The molecule has 1 aromatic heterocycles. The topological polar surface area (TPSA) is 29.3 Å². The number of benzene rings is 6. The van der Waals surface area contributed by atoms with Crippen LogP contribution in [0.15, 0.2) is 157 Å². The summed E-state index contributed by atoms with van der Waals surface area (Å²) in [4.78, 5) is 5.19. The summed E-state index contributed by atoms with van der Waals surface area (Å²) in [5, 5.41) is 6.27. The Hall–Kier alpha value is -5.67. The van der Waals surface area contributed by atoms with Crippen LogP contribution in [0.5, 0.6) is 0 Å². The molecular weight excluding hydrogens is 558 g/mol. The lowest BCUT2D eigenvalue weighted by molar-refractivity contribution is 0.661. The number of nitrogens with one attached hydrogen (secondary N) is 1. The van der Waals surface area contributed by atoms with E-state index in [-0.39, 0.29) is 11.6 Å². The molecule has 1 aliphatic carbocycles. The third-order valence-corrected chi connectivity index (χ3v) is 9.84. The van der Waals surface area contributed by atoms with Gasteiger partial charge in [0.1, 0.15) is 6.17 Å². The minimum atomic E-state index is -0.204. The fourth-order valence-electron chi connectivity index (χ4n) is 7.49. The van der Waals surface area contributed by atoms with Crippen molar-refractivity contribution in [1.29, 1.82) is 0 Å². The van der Waals surface area contributed by atoms with Crippen molar-refractivity contribution in [3.8, 4) is 16.8 Å². The first-order valence-electron chi connectivity index (χ1n) is 16.0. The predicted octanol–water partition coefficient (Wildman–Crippen LogP) is 10.2. The molecule has 1 unspecified atom stereocenters. The molecule has 0 amide bonds. The quantitative estimate of drug-likeness (QED) is 0.217. The second-order valence-electron chi connectivity index (χ2n) is 12.9. The Bertz CT molecular complexity index is 2340. The lowest BCUT2D eigenvalue weighted by atomic mass is 9.82. The number of hydrogen-bond donors (Lipinski definition) is 1. The van der Waals surface area contributed by atoms with Crippen molar-refractivity contribution < 1.29 is 0 Å². The van der Waals surface area contributed by atoms with E-state index in [4.69, 9.17) is 4.99 Å². The third kappa shape index (κ3) is 4.09. The van der Waals surface area contributed by atoms with Crippen LogP contribution in [-0.2, 0) is 5.41 Å². The molecule has 220 valence electrons. The summed E-state index contributed by atoms with van der Waals surface area (Å²) in [6, 6.07) is 52.4. The van der Waals surface area contributed by atoms with Gasteiger partial charge in [-0.3, -0.25) is 4.99 Å². The largest absolute Gasteiger partial charge is 0.360 e. The first kappa shape index (κ1) is 26.7. The predicted molar refractivity (Wildman–Crippen MR) is 192 cm³/mol. The van der Waals surface area contributed by atoms with E-state index in [2.05, 4.69) is 169 Å². The normalized spacial score (nSPS) is 16.4. The lowest BCUT2D eigenvalue weighted by Crippen LogP contribution is -2.24. The van der Waals surface area contributed by atoms with Crippen LogP contribution in [0.4, 0.5) is 0 Å². The Morgan fingerprint density at radius 1 is 0.587 bits per heavy atom. The fraction of sp³-hybridized carbons (Fsp3) is 0.0930. The molecule has 0 saturated heterocycles. The minimum absolute atomic E-state index is 0.0592. The summed E-state index contributed by atoms with van der Waals surface area (Å²) in [5.74, 6) is 0. The smallest absolute Gasteiger partial charge is 0.145 e. The molecule has 2 aliphatic rings. The van der Waals surface area contributed by atoms with Gasteiger partial charge in [0, 0.05) is 27.6 Å². The second kappa shape index (κ2) is 10.2. The first-order valence-corrected chi connectivity index (χ1v) is 16.0. The van der Waals surface area contributed by atoms with Gasteiger partial charge in [-0.2, -0.15) is 0 Å². The van der Waals surface area contributed by atoms with Gasteiger partial charge in [0.05, 0.1) is 16.7 Å². The van der Waals surface area contributed by atoms with Gasteiger partial charge in [0.25, 0.3) is 0 Å². The monoisotopic (exact) mass is 591 g/mol. The number of aromatic nitrogens is 1. The van der Waals surface area contributed by atoms with Gasteiger partial charge in [0.2, 0.25) is 0 Å². The standard InChI is InChI=1S/C43H33N3/c1-43(2)36-19-11-9-17-32(36)34-25-35-33-18-10-12-20-40(33)46(41(35)26-37(34)43)31-23-21-30(22-24-31)42-44-38(28-13-5-3-6-14-28)27-39(45-42)29-15-7-4-8-16-29/h3-27,42,44H,1-2H3. The van der Waals surface area contributed by atoms with Crippen LogP contribution in [0.3, 0.4) is 0 Å².